The lowest BCUT2D eigenvalue weighted by atomic mass is 9.96. The first kappa shape index (κ1) is 33.5. The van der Waals surface area contributed by atoms with E-state index in [1.807, 2.05) is 26.8 Å². The largest absolute Gasteiger partial charge is 0.488 e. The Hall–Kier alpha value is -2.37. The lowest BCUT2D eigenvalue weighted by Crippen LogP contribution is -2.55. The third kappa shape index (κ3) is 7.36. The summed E-state index contributed by atoms with van der Waals surface area (Å²) < 4.78 is 34.5. The van der Waals surface area contributed by atoms with Crippen molar-refractivity contribution in [1.29, 1.82) is 0 Å². The molecule has 3 aliphatic rings. The molecule has 0 N–H and O–H groups in total. The maximum atomic E-state index is 14.3. The normalized spacial score (nSPS) is 20.4. The fraction of sp³-hybridized carbons (Fsp3) is 0.583. The summed E-state index contributed by atoms with van der Waals surface area (Å²) in [7, 11) is -3.83. The van der Waals surface area contributed by atoms with Gasteiger partial charge in [0, 0.05) is 67.8 Å². The molecule has 3 fully saturated rings. The van der Waals surface area contributed by atoms with Crippen LogP contribution in [0.1, 0.15) is 53.4 Å². The van der Waals surface area contributed by atoms with Gasteiger partial charge in [0.25, 0.3) is 0 Å². The summed E-state index contributed by atoms with van der Waals surface area (Å²) >= 11 is 1.66. The predicted octanol–water partition coefficient (Wildman–Crippen LogP) is 6.04. The van der Waals surface area contributed by atoms with Gasteiger partial charge in [-0.15, -0.1) is 11.8 Å². The van der Waals surface area contributed by atoms with Gasteiger partial charge in [0.1, 0.15) is 16.2 Å². The molecule has 0 spiro atoms. The Labute approximate surface area is 280 Å². The minimum atomic E-state index is -3.83. The van der Waals surface area contributed by atoms with Gasteiger partial charge in [-0.2, -0.15) is 0 Å². The number of ether oxygens (including phenoxy) is 1. The van der Waals surface area contributed by atoms with Crippen molar-refractivity contribution in [2.45, 2.75) is 85.7 Å². The number of hydrogen-bond donors (Lipinski definition) is 0. The number of rotatable bonds is 8. The number of aromatic nitrogens is 1. The highest BCUT2D eigenvalue weighted by Gasteiger charge is 2.34. The van der Waals surface area contributed by atoms with Crippen LogP contribution in [0.25, 0.3) is 10.9 Å². The number of likely N-dealkylation sites (tertiary alicyclic amines) is 1. The summed E-state index contributed by atoms with van der Waals surface area (Å²) in [6.07, 6.45) is 8.19. The quantitative estimate of drug-likeness (QED) is 0.268. The van der Waals surface area contributed by atoms with Crippen molar-refractivity contribution in [3.8, 4) is 5.75 Å². The Balaban J connectivity index is 1.20. The molecule has 6 rings (SSSR count). The zero-order valence-corrected chi connectivity index (χ0v) is 29.9. The standard InChI is InChI=1S/C36H51N5O3S2/c1-6-38-21-23-40(24-22-38)28-13-17-39(18-14-28)27-15-19-41(20-16-27)35-32-25-30(45-5)9-12-33(32)37-26-34(35)46(42,43)31-10-7-29(8-11-31)44-36(2,3)4/h7-12,25-28H,6,13-24H2,1-5H3. The Bertz CT molecular complexity index is 1580. The van der Waals surface area contributed by atoms with Gasteiger partial charge in [-0.1, -0.05) is 6.92 Å². The van der Waals surface area contributed by atoms with Gasteiger partial charge in [-0.05, 0) is 115 Å². The number of fused-ring (bicyclic) bond motifs is 1. The van der Waals surface area contributed by atoms with E-state index in [1.165, 1.54) is 39.0 Å². The summed E-state index contributed by atoms with van der Waals surface area (Å²) in [5.74, 6) is 0.651. The van der Waals surface area contributed by atoms with Crippen LogP contribution in [0.5, 0.6) is 5.75 Å². The van der Waals surface area contributed by atoms with Crippen molar-refractivity contribution < 1.29 is 13.2 Å². The van der Waals surface area contributed by atoms with Gasteiger partial charge in [0.2, 0.25) is 9.84 Å². The van der Waals surface area contributed by atoms with Crippen molar-refractivity contribution in [3.05, 3.63) is 48.7 Å². The number of benzene rings is 2. The number of pyridine rings is 1. The van der Waals surface area contributed by atoms with Gasteiger partial charge < -0.3 is 19.4 Å². The molecule has 0 amide bonds. The maximum absolute atomic E-state index is 14.3. The number of anilines is 1. The molecule has 250 valence electrons. The van der Waals surface area contributed by atoms with E-state index >= 15 is 0 Å². The summed E-state index contributed by atoms with van der Waals surface area (Å²) in [6.45, 7) is 18.1. The van der Waals surface area contributed by atoms with Crippen molar-refractivity contribution in [1.82, 2.24) is 19.7 Å². The van der Waals surface area contributed by atoms with Crippen LogP contribution in [0.4, 0.5) is 5.69 Å². The zero-order chi connectivity index (χ0) is 32.5. The minimum absolute atomic E-state index is 0.256. The summed E-state index contributed by atoms with van der Waals surface area (Å²) in [4.78, 5) is 16.6. The molecule has 3 aliphatic heterocycles. The lowest BCUT2D eigenvalue weighted by Gasteiger charge is -2.46. The first-order chi connectivity index (χ1) is 22.1. The van der Waals surface area contributed by atoms with Gasteiger partial charge in [0.05, 0.1) is 16.1 Å². The first-order valence-corrected chi connectivity index (χ1v) is 19.7. The van der Waals surface area contributed by atoms with Crippen LogP contribution in [-0.4, -0.2) is 111 Å². The molecule has 0 saturated carbocycles. The molecule has 0 bridgehead atoms. The highest BCUT2D eigenvalue weighted by atomic mass is 32.2. The highest BCUT2D eigenvalue weighted by molar-refractivity contribution is 7.98. The summed E-state index contributed by atoms with van der Waals surface area (Å²) in [5.41, 5.74) is 1.25. The van der Waals surface area contributed by atoms with Crippen molar-refractivity contribution in [2.75, 3.05) is 70.1 Å². The van der Waals surface area contributed by atoms with Crippen LogP contribution < -0.4 is 9.64 Å². The number of nitrogens with zero attached hydrogens (tertiary/aromatic N) is 5. The van der Waals surface area contributed by atoms with Crippen LogP contribution in [0.15, 0.2) is 63.3 Å². The third-order valence-corrected chi connectivity index (χ3v) is 12.5. The molecule has 8 nitrogen and oxygen atoms in total. The minimum Gasteiger partial charge on any atom is -0.488 e. The Morgan fingerprint density at radius 2 is 1.46 bits per heavy atom. The fourth-order valence-electron chi connectivity index (χ4n) is 7.47. The van der Waals surface area contributed by atoms with E-state index in [0.717, 1.165) is 67.1 Å². The van der Waals surface area contributed by atoms with Crippen molar-refractivity contribution in [2.24, 2.45) is 0 Å². The number of hydrogen-bond acceptors (Lipinski definition) is 9. The summed E-state index contributed by atoms with van der Waals surface area (Å²) in [5, 5.41) is 0.906. The van der Waals surface area contributed by atoms with E-state index in [4.69, 9.17) is 4.74 Å². The number of piperidine rings is 2. The van der Waals surface area contributed by atoms with Gasteiger partial charge in [-0.3, -0.25) is 9.88 Å². The van der Waals surface area contributed by atoms with Crippen LogP contribution in [0, 0.1) is 0 Å². The second kappa shape index (κ2) is 14.0. The van der Waals surface area contributed by atoms with Crippen LogP contribution >= 0.6 is 11.8 Å². The molecular formula is C36H51N5O3S2. The Morgan fingerprint density at radius 1 is 0.848 bits per heavy atom. The van der Waals surface area contributed by atoms with E-state index in [2.05, 4.69) is 49.9 Å². The molecule has 2 aromatic carbocycles. The molecule has 3 saturated heterocycles. The zero-order valence-electron chi connectivity index (χ0n) is 28.2. The number of likely N-dealkylation sites (N-methyl/N-ethyl adjacent to an activating group) is 1. The molecular weight excluding hydrogens is 615 g/mol. The van der Waals surface area contributed by atoms with E-state index in [-0.39, 0.29) is 15.4 Å². The van der Waals surface area contributed by atoms with Crippen molar-refractivity contribution >= 4 is 38.2 Å². The molecule has 0 radical (unpaired) electrons. The van der Waals surface area contributed by atoms with E-state index in [9.17, 15) is 8.42 Å². The number of sulfone groups is 1. The number of piperazine rings is 1. The van der Waals surface area contributed by atoms with E-state index in [1.54, 1.807) is 42.2 Å². The van der Waals surface area contributed by atoms with Crippen LogP contribution in [0.3, 0.4) is 0 Å². The molecule has 3 aromatic rings. The molecule has 10 heteroatoms. The average Bonchev–Trinajstić information content (AvgIpc) is 3.07. The highest BCUT2D eigenvalue weighted by Crippen LogP contribution is 2.39. The monoisotopic (exact) mass is 665 g/mol. The van der Waals surface area contributed by atoms with Crippen molar-refractivity contribution in [3.63, 3.8) is 0 Å². The van der Waals surface area contributed by atoms with E-state index in [0.29, 0.717) is 17.8 Å². The van der Waals surface area contributed by atoms with Gasteiger partial charge >= 0.3 is 0 Å². The van der Waals surface area contributed by atoms with Crippen LogP contribution in [-0.2, 0) is 9.84 Å². The molecule has 4 heterocycles. The SMILES string of the molecule is CCN1CCN(C2CCN(C3CCN(c4c(S(=O)(=O)c5ccc(OC(C)(C)C)cc5)cnc5ccc(SC)cc45)CC3)CC2)CC1. The predicted molar refractivity (Wildman–Crippen MR) is 189 cm³/mol. The lowest BCUT2D eigenvalue weighted by molar-refractivity contribution is 0.0449. The molecule has 0 aliphatic carbocycles. The molecule has 46 heavy (non-hydrogen) atoms. The second-order valence-electron chi connectivity index (χ2n) is 14.0. The Morgan fingerprint density at radius 3 is 2.04 bits per heavy atom. The first-order valence-electron chi connectivity index (χ1n) is 17.0. The van der Waals surface area contributed by atoms with E-state index < -0.39 is 9.84 Å². The molecule has 0 atom stereocenters. The van der Waals surface area contributed by atoms with Gasteiger partial charge in [-0.25, -0.2) is 8.42 Å². The summed E-state index contributed by atoms with van der Waals surface area (Å²) in [6, 6.07) is 14.2. The fourth-order valence-corrected chi connectivity index (χ4v) is 9.35. The van der Waals surface area contributed by atoms with Crippen LogP contribution in [0.2, 0.25) is 0 Å². The molecule has 1 aromatic heterocycles. The number of thioether (sulfide) groups is 1. The maximum Gasteiger partial charge on any atom is 0.210 e. The average molecular weight is 666 g/mol. The topological polar surface area (TPSA) is 69.2 Å². The van der Waals surface area contributed by atoms with Gasteiger partial charge in [0.15, 0.2) is 0 Å². The molecule has 0 unspecified atom stereocenters. The Kier molecular flexibility index (Phi) is 10.2. The third-order valence-electron chi connectivity index (χ3n) is 10.0. The second-order valence-corrected chi connectivity index (χ2v) is 16.8. The smallest absolute Gasteiger partial charge is 0.210 e.